The first-order valence-electron chi connectivity index (χ1n) is 6.60. The normalized spacial score (nSPS) is 17.6. The van der Waals surface area contributed by atoms with Gasteiger partial charge in [-0.05, 0) is 39.0 Å². The molecule has 5 nitrogen and oxygen atoms in total. The summed E-state index contributed by atoms with van der Waals surface area (Å²) in [6.45, 7) is 5.97. The number of alkyl carbamates (subject to hydrolysis) is 1. The lowest BCUT2D eigenvalue weighted by molar-refractivity contribution is 0.0491. The predicted molar refractivity (Wildman–Crippen MR) is 74.1 cm³/mol. The van der Waals surface area contributed by atoms with Gasteiger partial charge in [-0.3, -0.25) is 4.79 Å². The van der Waals surface area contributed by atoms with Crippen LogP contribution in [0.2, 0.25) is 0 Å². The lowest BCUT2D eigenvalue weighted by Crippen LogP contribution is -2.36. The molecule has 1 amide bonds. The van der Waals surface area contributed by atoms with E-state index in [0.717, 1.165) is 11.8 Å². The Kier molecular flexibility index (Phi) is 3.97. The van der Waals surface area contributed by atoms with Crippen LogP contribution in [0, 0.1) is 0 Å². The Labute approximate surface area is 118 Å². The van der Waals surface area contributed by atoms with E-state index in [1.807, 2.05) is 20.8 Å². The molecule has 0 aliphatic carbocycles. The van der Waals surface area contributed by atoms with Crippen molar-refractivity contribution in [3.8, 4) is 5.75 Å². The summed E-state index contributed by atoms with van der Waals surface area (Å²) in [7, 11) is 0. The molecule has 0 fully saturated rings. The molecule has 1 aliphatic rings. The Hall–Kier alpha value is -2.04. The van der Waals surface area contributed by atoms with Crippen LogP contribution in [0.15, 0.2) is 18.2 Å². The molecular formula is C15H19NO4. The van der Waals surface area contributed by atoms with E-state index in [1.54, 1.807) is 18.2 Å². The number of carbonyl (C=O) groups is 2. The molecule has 1 atom stereocenters. The van der Waals surface area contributed by atoms with Crippen LogP contribution >= 0.6 is 0 Å². The van der Waals surface area contributed by atoms with Crippen molar-refractivity contribution in [3.63, 3.8) is 0 Å². The second-order valence-electron chi connectivity index (χ2n) is 5.75. The van der Waals surface area contributed by atoms with Gasteiger partial charge in [0.25, 0.3) is 0 Å². The lowest BCUT2D eigenvalue weighted by atomic mass is 9.98. The number of nitrogens with one attached hydrogen (secondary N) is 1. The molecule has 108 valence electrons. The van der Waals surface area contributed by atoms with E-state index in [4.69, 9.17) is 9.47 Å². The zero-order valence-electron chi connectivity index (χ0n) is 11.9. The van der Waals surface area contributed by atoms with Crippen LogP contribution in [0.4, 0.5) is 4.79 Å². The topological polar surface area (TPSA) is 64.6 Å². The minimum atomic E-state index is -0.539. The summed E-state index contributed by atoms with van der Waals surface area (Å²) in [4.78, 5) is 22.7. The first-order chi connectivity index (χ1) is 9.39. The van der Waals surface area contributed by atoms with Gasteiger partial charge >= 0.3 is 6.09 Å². The fourth-order valence-electron chi connectivity index (χ4n) is 2.09. The zero-order chi connectivity index (χ0) is 14.8. The number of hydrogen-bond donors (Lipinski definition) is 1. The van der Waals surface area contributed by atoms with Gasteiger partial charge in [-0.15, -0.1) is 0 Å². The van der Waals surface area contributed by atoms with E-state index < -0.39 is 11.7 Å². The fraction of sp³-hybridized carbons (Fsp3) is 0.467. The minimum Gasteiger partial charge on any atom is -0.493 e. The maximum Gasteiger partial charge on any atom is 0.408 e. The van der Waals surface area contributed by atoms with Crippen molar-refractivity contribution in [2.75, 3.05) is 6.61 Å². The van der Waals surface area contributed by atoms with E-state index in [1.165, 1.54) is 0 Å². The number of ether oxygens (including phenoxy) is 2. The predicted octanol–water partition coefficient (Wildman–Crippen LogP) is 2.85. The SMILES string of the molecule is CC(C)(C)OC(=O)NC1CCOc2ccc(C=O)cc21. The van der Waals surface area contributed by atoms with Gasteiger partial charge < -0.3 is 14.8 Å². The maximum absolute atomic E-state index is 11.8. The van der Waals surface area contributed by atoms with Crippen molar-refractivity contribution in [2.24, 2.45) is 0 Å². The standard InChI is InChI=1S/C15H19NO4/c1-15(2,3)20-14(18)16-12-6-7-19-13-5-4-10(9-17)8-11(12)13/h4-5,8-9,12H,6-7H2,1-3H3,(H,16,18). The highest BCUT2D eigenvalue weighted by molar-refractivity contribution is 5.76. The Morgan fingerprint density at radius 3 is 2.85 bits per heavy atom. The van der Waals surface area contributed by atoms with E-state index >= 15 is 0 Å². The summed E-state index contributed by atoms with van der Waals surface area (Å²) in [6, 6.07) is 4.99. The first-order valence-corrected chi connectivity index (χ1v) is 6.60. The Balaban J connectivity index is 2.15. The van der Waals surface area contributed by atoms with Crippen LogP contribution in [-0.4, -0.2) is 24.6 Å². The van der Waals surface area contributed by atoms with Crippen LogP contribution in [0.25, 0.3) is 0 Å². The van der Waals surface area contributed by atoms with Gasteiger partial charge in [0.05, 0.1) is 12.6 Å². The lowest BCUT2D eigenvalue weighted by Gasteiger charge is -2.28. The molecule has 0 saturated carbocycles. The number of benzene rings is 1. The van der Waals surface area contributed by atoms with Crippen molar-refractivity contribution in [3.05, 3.63) is 29.3 Å². The molecule has 2 rings (SSSR count). The summed E-state index contributed by atoms with van der Waals surface area (Å²) in [5, 5.41) is 2.83. The number of rotatable bonds is 2. The van der Waals surface area contributed by atoms with E-state index in [0.29, 0.717) is 24.3 Å². The van der Waals surface area contributed by atoms with E-state index in [2.05, 4.69) is 5.32 Å². The third-order valence-electron chi connectivity index (χ3n) is 2.90. The quantitative estimate of drug-likeness (QED) is 0.844. The molecular weight excluding hydrogens is 258 g/mol. The van der Waals surface area contributed by atoms with Gasteiger partial charge in [-0.2, -0.15) is 0 Å². The highest BCUT2D eigenvalue weighted by Gasteiger charge is 2.25. The molecule has 1 heterocycles. The third kappa shape index (κ3) is 3.50. The molecule has 0 bridgehead atoms. The fourth-order valence-corrected chi connectivity index (χ4v) is 2.09. The summed E-state index contributed by atoms with van der Waals surface area (Å²) >= 11 is 0. The number of fused-ring (bicyclic) bond motifs is 1. The monoisotopic (exact) mass is 277 g/mol. The molecule has 0 aromatic heterocycles. The zero-order valence-corrected chi connectivity index (χ0v) is 11.9. The summed E-state index contributed by atoms with van der Waals surface area (Å²) in [5.74, 6) is 0.697. The highest BCUT2D eigenvalue weighted by atomic mass is 16.6. The largest absolute Gasteiger partial charge is 0.493 e. The molecule has 1 N–H and O–H groups in total. The summed E-state index contributed by atoms with van der Waals surface area (Å²) in [5.41, 5.74) is 0.833. The van der Waals surface area contributed by atoms with E-state index in [9.17, 15) is 9.59 Å². The molecule has 20 heavy (non-hydrogen) atoms. The highest BCUT2D eigenvalue weighted by Crippen LogP contribution is 2.32. The van der Waals surface area contributed by atoms with Gasteiger partial charge in [0.2, 0.25) is 0 Å². The number of hydrogen-bond acceptors (Lipinski definition) is 4. The van der Waals surface area contributed by atoms with Crippen LogP contribution in [0.1, 0.15) is 49.2 Å². The Morgan fingerprint density at radius 1 is 1.45 bits per heavy atom. The molecule has 5 heteroatoms. The van der Waals surface area contributed by atoms with Gasteiger partial charge in [0, 0.05) is 17.5 Å². The van der Waals surface area contributed by atoms with Crippen molar-refractivity contribution >= 4 is 12.4 Å². The van der Waals surface area contributed by atoms with Crippen LogP contribution in [0.3, 0.4) is 0 Å². The van der Waals surface area contributed by atoms with Gasteiger partial charge in [0.15, 0.2) is 0 Å². The maximum atomic E-state index is 11.8. The second-order valence-corrected chi connectivity index (χ2v) is 5.75. The van der Waals surface area contributed by atoms with Crippen molar-refractivity contribution in [2.45, 2.75) is 38.8 Å². The average molecular weight is 277 g/mol. The van der Waals surface area contributed by atoms with Gasteiger partial charge in [-0.1, -0.05) is 0 Å². The molecule has 1 aliphatic heterocycles. The van der Waals surface area contributed by atoms with Crippen LogP contribution < -0.4 is 10.1 Å². The molecule has 0 spiro atoms. The van der Waals surface area contributed by atoms with Crippen LogP contribution in [0.5, 0.6) is 5.75 Å². The minimum absolute atomic E-state index is 0.200. The van der Waals surface area contributed by atoms with Crippen molar-refractivity contribution < 1.29 is 19.1 Å². The number of amides is 1. The van der Waals surface area contributed by atoms with Crippen molar-refractivity contribution in [1.82, 2.24) is 5.32 Å². The van der Waals surface area contributed by atoms with Gasteiger partial charge in [-0.25, -0.2) is 4.79 Å². The molecule has 0 saturated heterocycles. The molecule has 1 aromatic carbocycles. The van der Waals surface area contributed by atoms with Crippen molar-refractivity contribution in [1.29, 1.82) is 0 Å². The summed E-state index contributed by atoms with van der Waals surface area (Å²) < 4.78 is 10.8. The average Bonchev–Trinajstić information content (AvgIpc) is 2.36. The smallest absolute Gasteiger partial charge is 0.408 e. The molecule has 0 radical (unpaired) electrons. The second kappa shape index (κ2) is 5.53. The van der Waals surface area contributed by atoms with Crippen LogP contribution in [-0.2, 0) is 4.74 Å². The Morgan fingerprint density at radius 2 is 2.20 bits per heavy atom. The Bertz CT molecular complexity index is 519. The number of carbonyl (C=O) groups excluding carboxylic acids is 2. The third-order valence-corrected chi connectivity index (χ3v) is 2.90. The molecule has 1 unspecified atom stereocenters. The first kappa shape index (κ1) is 14.4. The van der Waals surface area contributed by atoms with E-state index in [-0.39, 0.29) is 6.04 Å². The van der Waals surface area contributed by atoms with Gasteiger partial charge in [0.1, 0.15) is 17.6 Å². The molecule has 1 aromatic rings. The summed E-state index contributed by atoms with van der Waals surface area (Å²) in [6.07, 6.45) is 0.959. The number of aldehydes is 1.